The second-order valence-electron chi connectivity index (χ2n) is 2.87. The quantitative estimate of drug-likeness (QED) is 0.778. The fourth-order valence-electron chi connectivity index (χ4n) is 1.27. The first-order chi connectivity index (χ1) is 7.72. The molecule has 1 heterocycles. The highest BCUT2D eigenvalue weighted by atomic mass is 16.5. The predicted octanol–water partition coefficient (Wildman–Crippen LogP) is 1.24. The van der Waals surface area contributed by atoms with Gasteiger partial charge in [0.1, 0.15) is 5.75 Å². The SMILES string of the molecule is COc1ccc2nccc(N)c2c1.O=C=O. The Kier molecular flexibility index (Phi) is 4.00. The normalized spacial score (nSPS) is 8.81. The van der Waals surface area contributed by atoms with Crippen LogP contribution in [-0.2, 0) is 9.59 Å². The lowest BCUT2D eigenvalue weighted by molar-refractivity contribution is -0.191. The molecule has 0 spiro atoms. The summed E-state index contributed by atoms with van der Waals surface area (Å²) in [6.45, 7) is 0. The first-order valence-electron chi connectivity index (χ1n) is 4.40. The molecule has 0 unspecified atom stereocenters. The molecule has 82 valence electrons. The third kappa shape index (κ3) is 2.56. The fourth-order valence-corrected chi connectivity index (χ4v) is 1.27. The van der Waals surface area contributed by atoms with Gasteiger partial charge in [-0.15, -0.1) is 0 Å². The third-order valence-electron chi connectivity index (χ3n) is 1.98. The summed E-state index contributed by atoms with van der Waals surface area (Å²) in [6.07, 6.45) is 1.95. The Bertz CT molecular complexity index is 520. The molecule has 16 heavy (non-hydrogen) atoms. The van der Waals surface area contributed by atoms with Crippen molar-refractivity contribution >= 4 is 22.7 Å². The smallest absolute Gasteiger partial charge is 0.373 e. The van der Waals surface area contributed by atoms with E-state index in [1.807, 2.05) is 18.2 Å². The van der Waals surface area contributed by atoms with E-state index in [2.05, 4.69) is 4.98 Å². The molecule has 1 aromatic heterocycles. The van der Waals surface area contributed by atoms with Crippen molar-refractivity contribution < 1.29 is 14.3 Å². The lowest BCUT2D eigenvalue weighted by atomic mass is 10.2. The average molecular weight is 218 g/mol. The lowest BCUT2D eigenvalue weighted by Crippen LogP contribution is -1.89. The molecular weight excluding hydrogens is 208 g/mol. The number of hydrogen-bond donors (Lipinski definition) is 1. The Morgan fingerprint density at radius 2 is 2.00 bits per heavy atom. The summed E-state index contributed by atoms with van der Waals surface area (Å²) in [6, 6.07) is 7.43. The summed E-state index contributed by atoms with van der Waals surface area (Å²) in [7, 11) is 1.63. The molecule has 0 saturated heterocycles. The number of nitrogens with two attached hydrogens (primary N) is 1. The van der Waals surface area contributed by atoms with Gasteiger partial charge in [-0.25, -0.2) is 0 Å². The number of benzene rings is 1. The number of carbonyl (C=O) groups excluding carboxylic acids is 2. The van der Waals surface area contributed by atoms with E-state index < -0.39 is 0 Å². The van der Waals surface area contributed by atoms with E-state index in [9.17, 15) is 0 Å². The summed E-state index contributed by atoms with van der Waals surface area (Å²) in [4.78, 5) is 20.4. The Morgan fingerprint density at radius 1 is 1.31 bits per heavy atom. The summed E-state index contributed by atoms with van der Waals surface area (Å²) in [5.41, 5.74) is 7.40. The van der Waals surface area contributed by atoms with Crippen LogP contribution in [0.1, 0.15) is 0 Å². The van der Waals surface area contributed by atoms with Crippen molar-refractivity contribution in [3.05, 3.63) is 30.5 Å². The van der Waals surface area contributed by atoms with E-state index in [-0.39, 0.29) is 6.15 Å². The average Bonchev–Trinajstić information content (AvgIpc) is 2.30. The fraction of sp³-hybridized carbons (Fsp3) is 0.0909. The van der Waals surface area contributed by atoms with Gasteiger partial charge in [-0.1, -0.05) is 0 Å². The van der Waals surface area contributed by atoms with E-state index in [1.54, 1.807) is 19.4 Å². The molecule has 2 aromatic rings. The van der Waals surface area contributed by atoms with Crippen molar-refractivity contribution in [3.63, 3.8) is 0 Å². The number of fused-ring (bicyclic) bond motifs is 1. The number of anilines is 1. The molecule has 0 aliphatic heterocycles. The van der Waals surface area contributed by atoms with Crippen LogP contribution in [-0.4, -0.2) is 18.2 Å². The number of rotatable bonds is 1. The molecule has 2 rings (SSSR count). The van der Waals surface area contributed by atoms with Gasteiger partial charge in [-0.05, 0) is 24.3 Å². The number of ether oxygens (including phenoxy) is 1. The van der Waals surface area contributed by atoms with Crippen LogP contribution in [0.15, 0.2) is 30.5 Å². The Morgan fingerprint density at radius 3 is 2.62 bits per heavy atom. The summed E-state index contributed by atoms with van der Waals surface area (Å²) in [5.74, 6) is 0.798. The molecule has 0 radical (unpaired) electrons. The third-order valence-corrected chi connectivity index (χ3v) is 1.98. The number of methoxy groups -OCH3 is 1. The minimum Gasteiger partial charge on any atom is -0.497 e. The maximum absolute atomic E-state index is 8.12. The van der Waals surface area contributed by atoms with Crippen molar-refractivity contribution in [3.8, 4) is 5.75 Å². The number of nitrogens with zero attached hydrogens (tertiary/aromatic N) is 1. The largest absolute Gasteiger partial charge is 0.497 e. The molecule has 1 aromatic carbocycles. The minimum absolute atomic E-state index is 0.250. The van der Waals surface area contributed by atoms with Crippen LogP contribution in [0.4, 0.5) is 5.69 Å². The van der Waals surface area contributed by atoms with Gasteiger partial charge in [0.25, 0.3) is 0 Å². The van der Waals surface area contributed by atoms with Crippen molar-refractivity contribution in [2.45, 2.75) is 0 Å². The van der Waals surface area contributed by atoms with Gasteiger partial charge >= 0.3 is 6.15 Å². The molecule has 0 atom stereocenters. The van der Waals surface area contributed by atoms with Crippen molar-refractivity contribution in [2.75, 3.05) is 12.8 Å². The molecule has 0 aliphatic rings. The maximum atomic E-state index is 8.12. The molecule has 0 saturated carbocycles. The van der Waals surface area contributed by atoms with Crippen LogP contribution in [0, 0.1) is 0 Å². The summed E-state index contributed by atoms with van der Waals surface area (Å²) >= 11 is 0. The molecule has 5 nitrogen and oxygen atoms in total. The van der Waals surface area contributed by atoms with Crippen LogP contribution in [0.2, 0.25) is 0 Å². The van der Waals surface area contributed by atoms with Gasteiger partial charge in [-0.2, -0.15) is 9.59 Å². The molecule has 5 heteroatoms. The van der Waals surface area contributed by atoms with Gasteiger partial charge in [0.15, 0.2) is 0 Å². The lowest BCUT2D eigenvalue weighted by Gasteiger charge is -2.03. The molecule has 2 N–H and O–H groups in total. The zero-order valence-corrected chi connectivity index (χ0v) is 8.64. The number of pyridine rings is 1. The minimum atomic E-state index is 0.250. The highest BCUT2D eigenvalue weighted by molar-refractivity contribution is 5.90. The van der Waals surface area contributed by atoms with E-state index in [0.717, 1.165) is 22.3 Å². The van der Waals surface area contributed by atoms with Crippen LogP contribution >= 0.6 is 0 Å². The Hall–Kier alpha value is -2.39. The van der Waals surface area contributed by atoms with Gasteiger partial charge in [0, 0.05) is 17.3 Å². The van der Waals surface area contributed by atoms with Gasteiger partial charge < -0.3 is 10.5 Å². The number of nitrogen functional groups attached to an aromatic ring is 1. The van der Waals surface area contributed by atoms with E-state index >= 15 is 0 Å². The molecule has 0 bridgehead atoms. The van der Waals surface area contributed by atoms with Crippen molar-refractivity contribution in [1.29, 1.82) is 0 Å². The predicted molar refractivity (Wildman–Crippen MR) is 57.7 cm³/mol. The number of aromatic nitrogens is 1. The molecule has 0 amide bonds. The summed E-state index contributed by atoms with van der Waals surface area (Å²) in [5, 5.41) is 0.932. The molecular formula is C11H10N2O3. The van der Waals surface area contributed by atoms with Gasteiger partial charge in [-0.3, -0.25) is 4.98 Å². The van der Waals surface area contributed by atoms with Crippen LogP contribution < -0.4 is 10.5 Å². The zero-order valence-electron chi connectivity index (χ0n) is 8.64. The first-order valence-corrected chi connectivity index (χ1v) is 4.40. The monoisotopic (exact) mass is 218 g/mol. The second kappa shape index (κ2) is 5.48. The standard InChI is InChI=1S/C10H10N2O.CO2/c1-13-7-2-3-10-8(6-7)9(11)4-5-12-10;2-1-3/h2-6H,1H3,(H2,11,12);. The van der Waals surface area contributed by atoms with Crippen LogP contribution in [0.5, 0.6) is 5.75 Å². The highest BCUT2D eigenvalue weighted by Crippen LogP contribution is 2.23. The highest BCUT2D eigenvalue weighted by Gasteiger charge is 1.99. The van der Waals surface area contributed by atoms with Crippen LogP contribution in [0.25, 0.3) is 10.9 Å². The zero-order chi connectivity index (χ0) is 12.0. The van der Waals surface area contributed by atoms with Gasteiger partial charge in [0.2, 0.25) is 0 Å². The van der Waals surface area contributed by atoms with E-state index in [0.29, 0.717) is 0 Å². The van der Waals surface area contributed by atoms with Crippen LogP contribution in [0.3, 0.4) is 0 Å². The Balaban J connectivity index is 0.000000386. The molecule has 0 aliphatic carbocycles. The summed E-state index contributed by atoms with van der Waals surface area (Å²) < 4.78 is 5.09. The topological polar surface area (TPSA) is 82.3 Å². The Labute approximate surface area is 91.8 Å². The van der Waals surface area contributed by atoms with Gasteiger partial charge in [0.05, 0.1) is 12.6 Å². The van der Waals surface area contributed by atoms with E-state index in [4.69, 9.17) is 20.1 Å². The van der Waals surface area contributed by atoms with Crippen molar-refractivity contribution in [2.24, 2.45) is 0 Å². The molecule has 0 fully saturated rings. The first kappa shape index (κ1) is 11.7. The van der Waals surface area contributed by atoms with Crippen molar-refractivity contribution in [1.82, 2.24) is 4.98 Å². The number of hydrogen-bond acceptors (Lipinski definition) is 5. The van der Waals surface area contributed by atoms with E-state index in [1.165, 1.54) is 0 Å². The second-order valence-corrected chi connectivity index (χ2v) is 2.87. The maximum Gasteiger partial charge on any atom is 0.373 e.